The van der Waals surface area contributed by atoms with Gasteiger partial charge in [-0.3, -0.25) is 9.20 Å². The Morgan fingerprint density at radius 1 is 1.37 bits per heavy atom. The molecule has 1 saturated heterocycles. The fourth-order valence-corrected chi connectivity index (χ4v) is 6.00. The highest BCUT2D eigenvalue weighted by molar-refractivity contribution is 7.99. The third-order valence-corrected chi connectivity index (χ3v) is 7.45. The van der Waals surface area contributed by atoms with E-state index < -0.39 is 0 Å². The average Bonchev–Trinajstić information content (AvgIpc) is 3.26. The zero-order valence-electron chi connectivity index (χ0n) is 15.2. The molecular weight excluding hydrogens is 382 g/mol. The molecule has 2 aliphatic rings. The maximum atomic E-state index is 12.4. The Bertz CT molecular complexity index is 1010. The van der Waals surface area contributed by atoms with Crippen molar-refractivity contribution in [3.05, 3.63) is 16.8 Å². The minimum Gasteiger partial charge on any atom is -0.378 e. The molecule has 7 nitrogen and oxygen atoms in total. The van der Waals surface area contributed by atoms with Crippen molar-refractivity contribution in [3.63, 3.8) is 0 Å². The highest BCUT2D eigenvalue weighted by Gasteiger charge is 2.24. The molecule has 0 unspecified atom stereocenters. The van der Waals surface area contributed by atoms with Crippen molar-refractivity contribution >= 4 is 44.9 Å². The summed E-state index contributed by atoms with van der Waals surface area (Å²) in [5.41, 5.74) is 2.27. The summed E-state index contributed by atoms with van der Waals surface area (Å²) in [4.78, 5) is 21.4. The van der Waals surface area contributed by atoms with Gasteiger partial charge in [-0.25, -0.2) is 4.98 Å². The smallest absolute Gasteiger partial charge is 0.233 e. The fourth-order valence-electron chi connectivity index (χ4n) is 3.85. The SMILES string of the molecule is C[C@H]1CCc2c(sc3ncn4c(SCC(=O)N5CCOCC5)nnc4c23)C1. The number of ether oxygens (including phenoxy) is 1. The standard InChI is InChI=1S/C18H21N5O2S2/c1-11-2-3-12-13(8-11)27-17-15(12)16-20-21-18(23(16)10-19-17)26-9-14(24)22-4-6-25-7-5-22/h10-11H,2-9H2,1H3/t11-/m0/s1. The molecule has 27 heavy (non-hydrogen) atoms. The van der Waals surface area contributed by atoms with Crippen LogP contribution in [-0.4, -0.2) is 62.4 Å². The van der Waals surface area contributed by atoms with Crippen LogP contribution in [0.1, 0.15) is 23.8 Å². The summed E-state index contributed by atoms with van der Waals surface area (Å²) in [7, 11) is 0. The Kier molecular flexibility index (Phi) is 4.53. The van der Waals surface area contributed by atoms with E-state index in [1.54, 1.807) is 17.7 Å². The number of hydrogen-bond donors (Lipinski definition) is 0. The number of hydrogen-bond acceptors (Lipinski definition) is 7. The van der Waals surface area contributed by atoms with Gasteiger partial charge in [-0.2, -0.15) is 0 Å². The number of nitrogens with zero attached hydrogens (tertiary/aromatic N) is 5. The van der Waals surface area contributed by atoms with Crippen LogP contribution in [0.25, 0.3) is 15.9 Å². The number of thiophene rings is 1. The Hall–Kier alpha value is -1.71. The van der Waals surface area contributed by atoms with E-state index >= 15 is 0 Å². The molecule has 1 fully saturated rings. The van der Waals surface area contributed by atoms with Crippen molar-refractivity contribution in [1.29, 1.82) is 0 Å². The van der Waals surface area contributed by atoms with Crippen molar-refractivity contribution in [2.75, 3.05) is 32.1 Å². The summed E-state index contributed by atoms with van der Waals surface area (Å²) >= 11 is 3.22. The second-order valence-electron chi connectivity index (χ2n) is 7.23. The molecular formula is C18H21N5O2S2. The van der Waals surface area contributed by atoms with Crippen molar-refractivity contribution in [3.8, 4) is 0 Å². The number of carbonyl (C=O) groups is 1. The molecule has 1 aliphatic carbocycles. The zero-order valence-corrected chi connectivity index (χ0v) is 16.8. The first-order valence-corrected chi connectivity index (χ1v) is 11.1. The van der Waals surface area contributed by atoms with E-state index in [0.29, 0.717) is 32.1 Å². The van der Waals surface area contributed by atoms with Crippen LogP contribution in [-0.2, 0) is 22.4 Å². The largest absolute Gasteiger partial charge is 0.378 e. The van der Waals surface area contributed by atoms with Gasteiger partial charge in [-0.15, -0.1) is 21.5 Å². The number of carbonyl (C=O) groups excluding carboxylic acids is 1. The van der Waals surface area contributed by atoms with Gasteiger partial charge in [0.15, 0.2) is 10.8 Å². The molecule has 1 aliphatic heterocycles. The minimum absolute atomic E-state index is 0.121. The Morgan fingerprint density at radius 3 is 3.07 bits per heavy atom. The second kappa shape index (κ2) is 7.03. The van der Waals surface area contributed by atoms with Crippen molar-refractivity contribution in [2.45, 2.75) is 31.3 Å². The third kappa shape index (κ3) is 3.11. The molecule has 0 aromatic carbocycles. The molecule has 9 heteroatoms. The number of fused-ring (bicyclic) bond motifs is 5. The van der Waals surface area contributed by atoms with Crippen LogP contribution in [0.5, 0.6) is 0 Å². The van der Waals surface area contributed by atoms with Crippen LogP contribution in [0.3, 0.4) is 0 Å². The Balaban J connectivity index is 1.43. The molecule has 0 saturated carbocycles. The summed E-state index contributed by atoms with van der Waals surface area (Å²) in [6, 6.07) is 0. The van der Waals surface area contributed by atoms with Crippen LogP contribution in [0.2, 0.25) is 0 Å². The summed E-state index contributed by atoms with van der Waals surface area (Å²) in [6.45, 7) is 4.89. The lowest BCUT2D eigenvalue weighted by molar-refractivity contribution is -0.132. The molecule has 1 atom stereocenters. The lowest BCUT2D eigenvalue weighted by atomic mass is 9.89. The minimum atomic E-state index is 0.121. The summed E-state index contributed by atoms with van der Waals surface area (Å²) < 4.78 is 7.24. The number of morpholine rings is 1. The van der Waals surface area contributed by atoms with E-state index in [0.717, 1.165) is 39.8 Å². The van der Waals surface area contributed by atoms with E-state index in [1.807, 2.05) is 9.30 Å². The number of amides is 1. The van der Waals surface area contributed by atoms with Crippen LogP contribution in [0, 0.1) is 5.92 Å². The topological polar surface area (TPSA) is 72.6 Å². The van der Waals surface area contributed by atoms with E-state index in [4.69, 9.17) is 4.74 Å². The van der Waals surface area contributed by atoms with Crippen LogP contribution in [0.15, 0.2) is 11.5 Å². The summed E-state index contributed by atoms with van der Waals surface area (Å²) in [6.07, 6.45) is 5.23. The molecule has 3 aromatic heterocycles. The lowest BCUT2D eigenvalue weighted by Gasteiger charge is -2.26. The monoisotopic (exact) mass is 403 g/mol. The molecule has 0 radical (unpaired) electrons. The summed E-state index contributed by atoms with van der Waals surface area (Å²) in [5.74, 6) is 1.21. The zero-order chi connectivity index (χ0) is 18.4. The van der Waals surface area contributed by atoms with Crippen molar-refractivity contribution < 1.29 is 9.53 Å². The van der Waals surface area contributed by atoms with E-state index in [9.17, 15) is 4.79 Å². The fraction of sp³-hybridized carbons (Fsp3) is 0.556. The molecule has 5 rings (SSSR count). The normalized spacial score (nSPS) is 20.3. The molecule has 1 amide bonds. The van der Waals surface area contributed by atoms with E-state index in [2.05, 4.69) is 22.1 Å². The molecule has 4 heterocycles. The molecule has 3 aromatic rings. The van der Waals surface area contributed by atoms with Crippen LogP contribution < -0.4 is 0 Å². The van der Waals surface area contributed by atoms with Gasteiger partial charge in [-0.05, 0) is 30.7 Å². The van der Waals surface area contributed by atoms with Crippen molar-refractivity contribution in [1.82, 2.24) is 24.5 Å². The van der Waals surface area contributed by atoms with E-state index in [-0.39, 0.29) is 5.91 Å². The number of aromatic nitrogens is 4. The predicted octanol–water partition coefficient (Wildman–Crippen LogP) is 2.41. The van der Waals surface area contributed by atoms with Gasteiger partial charge in [0.25, 0.3) is 0 Å². The summed E-state index contributed by atoms with van der Waals surface area (Å²) in [5, 5.41) is 10.7. The Morgan fingerprint density at radius 2 is 2.22 bits per heavy atom. The second-order valence-corrected chi connectivity index (χ2v) is 9.26. The van der Waals surface area contributed by atoms with Gasteiger partial charge in [0.05, 0.1) is 24.4 Å². The molecule has 142 valence electrons. The molecule has 0 bridgehead atoms. The number of thioether (sulfide) groups is 1. The van der Waals surface area contributed by atoms with Gasteiger partial charge in [0, 0.05) is 18.0 Å². The molecule has 0 spiro atoms. The quantitative estimate of drug-likeness (QED) is 0.626. The highest BCUT2D eigenvalue weighted by atomic mass is 32.2. The molecule has 0 N–H and O–H groups in total. The third-order valence-electron chi connectivity index (χ3n) is 5.36. The number of rotatable bonds is 3. The van der Waals surface area contributed by atoms with Gasteiger partial charge >= 0.3 is 0 Å². The maximum Gasteiger partial charge on any atom is 0.233 e. The van der Waals surface area contributed by atoms with Gasteiger partial charge in [0.2, 0.25) is 5.91 Å². The lowest BCUT2D eigenvalue weighted by Crippen LogP contribution is -2.41. The van der Waals surface area contributed by atoms with Gasteiger partial charge in [0.1, 0.15) is 11.2 Å². The van der Waals surface area contributed by atoms with E-state index in [1.165, 1.54) is 28.6 Å². The first kappa shape index (κ1) is 17.4. The van der Waals surface area contributed by atoms with Crippen molar-refractivity contribution in [2.24, 2.45) is 5.92 Å². The average molecular weight is 404 g/mol. The first-order valence-electron chi connectivity index (χ1n) is 9.33. The maximum absolute atomic E-state index is 12.4. The first-order chi connectivity index (χ1) is 13.2. The van der Waals surface area contributed by atoms with Crippen LogP contribution in [0.4, 0.5) is 0 Å². The Labute approximate surface area is 165 Å². The van der Waals surface area contributed by atoms with Gasteiger partial charge < -0.3 is 9.64 Å². The highest BCUT2D eigenvalue weighted by Crippen LogP contribution is 2.39. The predicted molar refractivity (Wildman–Crippen MR) is 105 cm³/mol. The van der Waals surface area contributed by atoms with Gasteiger partial charge in [-0.1, -0.05) is 18.7 Å². The number of aryl methyl sites for hydroxylation is 1. The van der Waals surface area contributed by atoms with Crippen LogP contribution >= 0.6 is 23.1 Å².